The number of fused-ring (bicyclic) bond motifs is 1. The number of carbonyl (C=O) groups is 1. The van der Waals surface area contributed by atoms with Crippen LogP contribution in [0.25, 0.3) is 0 Å². The minimum absolute atomic E-state index is 0.0891. The third-order valence-corrected chi connectivity index (χ3v) is 6.21. The minimum Gasteiger partial charge on any atom is -0.504 e. The number of carbonyl (C=O) groups excluding carboxylic acids is 1. The monoisotopic (exact) mass is 345 g/mol. The summed E-state index contributed by atoms with van der Waals surface area (Å²) in [5, 5.41) is 14.5. The van der Waals surface area contributed by atoms with Gasteiger partial charge < -0.3 is 24.6 Å². The van der Waals surface area contributed by atoms with Gasteiger partial charge in [-0.3, -0.25) is 4.79 Å². The molecule has 2 N–H and O–H groups in total. The molecule has 2 aliphatic carbocycles. The molecule has 134 valence electrons. The number of benzene rings is 1. The van der Waals surface area contributed by atoms with Crippen molar-refractivity contribution in [3.63, 3.8) is 0 Å². The highest BCUT2D eigenvalue weighted by molar-refractivity contribution is 5.97. The van der Waals surface area contributed by atoms with Crippen LogP contribution in [0.5, 0.6) is 11.5 Å². The Balaban J connectivity index is 2.04. The largest absolute Gasteiger partial charge is 0.504 e. The molecule has 0 spiro atoms. The Labute approximate surface area is 146 Å². The van der Waals surface area contributed by atoms with E-state index in [4.69, 9.17) is 14.2 Å². The molecule has 6 heteroatoms. The number of nitrogens with one attached hydrogen (secondary N) is 1. The van der Waals surface area contributed by atoms with Crippen LogP contribution in [0.4, 0.5) is 0 Å². The highest BCUT2D eigenvalue weighted by Crippen LogP contribution is 2.61. The smallest absolute Gasteiger partial charge is 0.201 e. The van der Waals surface area contributed by atoms with Gasteiger partial charge in [-0.2, -0.15) is 0 Å². The zero-order valence-corrected chi connectivity index (χ0v) is 14.8. The van der Waals surface area contributed by atoms with E-state index in [0.717, 1.165) is 36.9 Å². The molecule has 25 heavy (non-hydrogen) atoms. The van der Waals surface area contributed by atoms with Gasteiger partial charge in [0.05, 0.1) is 26.9 Å². The first kappa shape index (κ1) is 16.3. The van der Waals surface area contributed by atoms with Crippen molar-refractivity contribution in [1.29, 1.82) is 0 Å². The Bertz CT molecular complexity index is 786. The number of phenols is 1. The number of aromatic hydroxyl groups is 1. The van der Waals surface area contributed by atoms with Crippen LogP contribution in [-0.2, 0) is 26.1 Å². The van der Waals surface area contributed by atoms with Crippen LogP contribution in [0, 0.1) is 0 Å². The second-order valence-corrected chi connectivity index (χ2v) is 6.98. The molecule has 2 unspecified atom stereocenters. The number of phenolic OH excluding ortho intramolecular Hbond substituents is 1. The Morgan fingerprint density at radius 2 is 1.92 bits per heavy atom. The van der Waals surface area contributed by atoms with E-state index in [2.05, 4.69) is 5.32 Å². The van der Waals surface area contributed by atoms with Gasteiger partial charge in [-0.05, 0) is 37.4 Å². The highest BCUT2D eigenvalue weighted by Gasteiger charge is 2.66. The van der Waals surface area contributed by atoms with Crippen LogP contribution in [0.3, 0.4) is 0 Å². The molecule has 0 amide bonds. The van der Waals surface area contributed by atoms with Crippen LogP contribution in [0.1, 0.15) is 30.4 Å². The molecular formula is C19H23NO5. The van der Waals surface area contributed by atoms with Gasteiger partial charge in [-0.1, -0.05) is 6.07 Å². The van der Waals surface area contributed by atoms with Crippen LogP contribution in [0.15, 0.2) is 23.7 Å². The summed E-state index contributed by atoms with van der Waals surface area (Å²) in [6.07, 6.45) is 2.59. The van der Waals surface area contributed by atoms with Crippen LogP contribution < -0.4 is 10.1 Å². The minimum atomic E-state index is -0.552. The van der Waals surface area contributed by atoms with Crippen molar-refractivity contribution in [2.45, 2.75) is 36.6 Å². The number of allylic oxidation sites excluding steroid dienone is 1. The van der Waals surface area contributed by atoms with Gasteiger partial charge in [0.1, 0.15) is 0 Å². The molecule has 1 heterocycles. The number of aryl methyl sites for hydroxylation is 1. The molecule has 1 aliphatic heterocycles. The Hall–Kier alpha value is -2.21. The first-order valence-corrected chi connectivity index (χ1v) is 8.55. The molecule has 3 aliphatic rings. The number of hydrogen-bond acceptors (Lipinski definition) is 6. The standard InChI is InChI=1S/C19H23NO5/c1-23-13-5-4-11-6-7-19-17(25-3)16(24-2)12(21)10-18(19,8-9-20-19)14(11)15(13)22/h4-5,20,22H,6-10H2,1-3H3. The van der Waals surface area contributed by atoms with E-state index in [1.54, 1.807) is 13.2 Å². The molecule has 1 saturated heterocycles. The quantitative estimate of drug-likeness (QED) is 0.870. The fourth-order valence-electron chi connectivity index (χ4n) is 5.27. The van der Waals surface area contributed by atoms with Crippen molar-refractivity contribution in [3.8, 4) is 11.5 Å². The number of methoxy groups -OCH3 is 3. The molecule has 0 bridgehead atoms. The van der Waals surface area contributed by atoms with Gasteiger partial charge in [0, 0.05) is 17.4 Å². The first-order chi connectivity index (χ1) is 12.0. The number of rotatable bonds is 3. The zero-order valence-electron chi connectivity index (χ0n) is 14.8. The van der Waals surface area contributed by atoms with E-state index in [-0.39, 0.29) is 18.0 Å². The van der Waals surface area contributed by atoms with E-state index in [1.165, 1.54) is 14.2 Å². The maximum absolute atomic E-state index is 12.9. The molecule has 1 aromatic carbocycles. The summed E-state index contributed by atoms with van der Waals surface area (Å²) < 4.78 is 16.4. The van der Waals surface area contributed by atoms with Crippen LogP contribution >= 0.6 is 0 Å². The predicted molar refractivity (Wildman–Crippen MR) is 90.7 cm³/mol. The SMILES string of the molecule is COC1=C(OC)C23CCc4ccc(OC)c(O)c4C2(CCN3)CC1=O. The predicted octanol–water partition coefficient (Wildman–Crippen LogP) is 1.79. The normalized spacial score (nSPS) is 30.4. The lowest BCUT2D eigenvalue weighted by molar-refractivity contribution is -0.123. The summed E-state index contributed by atoms with van der Waals surface area (Å²) in [4.78, 5) is 12.9. The van der Waals surface area contributed by atoms with Gasteiger partial charge in [0.2, 0.25) is 11.5 Å². The molecule has 0 aromatic heterocycles. The molecule has 1 fully saturated rings. The van der Waals surface area contributed by atoms with Gasteiger partial charge in [0.15, 0.2) is 17.3 Å². The Kier molecular flexibility index (Phi) is 3.51. The lowest BCUT2D eigenvalue weighted by Crippen LogP contribution is -2.62. The maximum Gasteiger partial charge on any atom is 0.201 e. The molecule has 4 rings (SSSR count). The second kappa shape index (κ2) is 5.39. The summed E-state index contributed by atoms with van der Waals surface area (Å²) in [5.74, 6) is 1.32. The van der Waals surface area contributed by atoms with E-state index >= 15 is 0 Å². The summed E-state index contributed by atoms with van der Waals surface area (Å²) in [7, 11) is 4.62. The average Bonchev–Trinajstić information content (AvgIpc) is 2.99. The lowest BCUT2D eigenvalue weighted by Gasteiger charge is -2.52. The van der Waals surface area contributed by atoms with Gasteiger partial charge in [-0.25, -0.2) is 0 Å². The fourth-order valence-corrected chi connectivity index (χ4v) is 5.27. The first-order valence-electron chi connectivity index (χ1n) is 8.55. The molecule has 0 radical (unpaired) electrons. The maximum atomic E-state index is 12.9. The number of Topliss-reactive ketones (excluding diaryl/α,β-unsaturated/α-hetero) is 1. The van der Waals surface area contributed by atoms with Crippen molar-refractivity contribution in [1.82, 2.24) is 5.32 Å². The third-order valence-electron chi connectivity index (χ3n) is 6.21. The third kappa shape index (κ3) is 1.80. The van der Waals surface area contributed by atoms with E-state index in [9.17, 15) is 9.90 Å². The topological polar surface area (TPSA) is 77.0 Å². The summed E-state index contributed by atoms with van der Waals surface area (Å²) >= 11 is 0. The molecular weight excluding hydrogens is 322 g/mol. The van der Waals surface area contributed by atoms with Crippen molar-refractivity contribution in [2.75, 3.05) is 27.9 Å². The number of hydrogen-bond donors (Lipinski definition) is 2. The van der Waals surface area contributed by atoms with Crippen molar-refractivity contribution >= 4 is 5.78 Å². The zero-order chi connectivity index (χ0) is 17.8. The van der Waals surface area contributed by atoms with E-state index in [1.807, 2.05) is 6.07 Å². The molecule has 1 aromatic rings. The van der Waals surface area contributed by atoms with E-state index in [0.29, 0.717) is 17.3 Å². The van der Waals surface area contributed by atoms with E-state index < -0.39 is 11.0 Å². The van der Waals surface area contributed by atoms with Gasteiger partial charge in [0.25, 0.3) is 0 Å². The number of ketones is 1. The highest BCUT2D eigenvalue weighted by atomic mass is 16.5. The van der Waals surface area contributed by atoms with Crippen LogP contribution in [0.2, 0.25) is 0 Å². The van der Waals surface area contributed by atoms with Crippen molar-refractivity contribution in [2.24, 2.45) is 0 Å². The summed E-state index contributed by atoms with van der Waals surface area (Å²) in [5.41, 5.74) is 0.796. The van der Waals surface area contributed by atoms with Crippen molar-refractivity contribution in [3.05, 3.63) is 34.8 Å². The van der Waals surface area contributed by atoms with Crippen molar-refractivity contribution < 1.29 is 24.1 Å². The Morgan fingerprint density at radius 1 is 1.12 bits per heavy atom. The van der Waals surface area contributed by atoms with Gasteiger partial charge in [-0.15, -0.1) is 0 Å². The van der Waals surface area contributed by atoms with Crippen LogP contribution in [-0.4, -0.2) is 44.3 Å². The summed E-state index contributed by atoms with van der Waals surface area (Å²) in [6, 6.07) is 3.79. The lowest BCUT2D eigenvalue weighted by atomic mass is 9.54. The molecule has 2 atom stereocenters. The van der Waals surface area contributed by atoms with Gasteiger partial charge >= 0.3 is 0 Å². The second-order valence-electron chi connectivity index (χ2n) is 6.98. The average molecular weight is 345 g/mol. The molecule has 0 saturated carbocycles. The molecule has 6 nitrogen and oxygen atoms in total. The fraction of sp³-hybridized carbons (Fsp3) is 0.526. The Morgan fingerprint density at radius 3 is 2.60 bits per heavy atom. The summed E-state index contributed by atoms with van der Waals surface area (Å²) in [6.45, 7) is 0.743. The number of ether oxygens (including phenoxy) is 3.